The number of halogens is 2. The molecule has 2 rings (SSSR count). The molecule has 7 heteroatoms. The first-order valence-electron chi connectivity index (χ1n) is 4.89. The third kappa shape index (κ3) is 2.77. The van der Waals surface area contributed by atoms with Gasteiger partial charge >= 0.3 is 0 Å². The number of benzene rings is 1. The Morgan fingerprint density at radius 3 is 2.78 bits per heavy atom. The van der Waals surface area contributed by atoms with Gasteiger partial charge in [-0.15, -0.1) is 0 Å². The van der Waals surface area contributed by atoms with Gasteiger partial charge in [0.25, 0.3) is 11.5 Å². The zero-order valence-corrected chi connectivity index (χ0v) is 11.2. The molecule has 1 heterocycles. The van der Waals surface area contributed by atoms with E-state index < -0.39 is 5.91 Å². The zero-order chi connectivity index (χ0) is 13.1. The van der Waals surface area contributed by atoms with E-state index >= 15 is 0 Å². The van der Waals surface area contributed by atoms with Crippen LogP contribution in [0.4, 0.5) is 5.69 Å². The summed E-state index contributed by atoms with van der Waals surface area (Å²) in [5, 5.41) is 8.94. The molecule has 0 radical (unpaired) electrons. The minimum Gasteiger partial charge on any atom is -0.319 e. The second-order valence-electron chi connectivity index (χ2n) is 3.36. The van der Waals surface area contributed by atoms with E-state index in [9.17, 15) is 9.59 Å². The fourth-order valence-corrected chi connectivity index (χ4v) is 1.80. The molecule has 0 aliphatic heterocycles. The van der Waals surface area contributed by atoms with Crippen LogP contribution in [0, 0.1) is 0 Å². The average molecular weight is 329 g/mol. The van der Waals surface area contributed by atoms with Gasteiger partial charge in [0.2, 0.25) is 0 Å². The number of anilines is 1. The van der Waals surface area contributed by atoms with Crippen molar-refractivity contribution in [2.75, 3.05) is 5.32 Å². The first-order chi connectivity index (χ1) is 8.58. The van der Waals surface area contributed by atoms with E-state index in [2.05, 4.69) is 31.4 Å². The first-order valence-corrected chi connectivity index (χ1v) is 6.06. The number of carbonyl (C=O) groups excluding carboxylic acids is 1. The maximum atomic E-state index is 11.8. The van der Waals surface area contributed by atoms with E-state index in [1.807, 2.05) is 0 Å². The van der Waals surface area contributed by atoms with Crippen molar-refractivity contribution in [2.45, 2.75) is 0 Å². The van der Waals surface area contributed by atoms with Gasteiger partial charge in [0.15, 0.2) is 0 Å². The SMILES string of the molecule is O=C(Nc1cccc(Cl)c1Br)c1ccc(=O)[nH]n1. The zero-order valence-electron chi connectivity index (χ0n) is 8.91. The van der Waals surface area contributed by atoms with Crippen molar-refractivity contribution in [1.82, 2.24) is 10.2 Å². The fourth-order valence-electron chi connectivity index (χ4n) is 1.26. The molecular weight excluding hydrogens is 321 g/mol. The number of hydrogen-bond acceptors (Lipinski definition) is 3. The number of carbonyl (C=O) groups is 1. The lowest BCUT2D eigenvalue weighted by molar-refractivity contribution is 0.102. The highest BCUT2D eigenvalue weighted by molar-refractivity contribution is 9.10. The standard InChI is InChI=1S/C11H7BrClN3O2/c12-10-6(13)2-1-3-7(10)14-11(18)8-4-5-9(17)16-15-8/h1-5H,(H,14,18)(H,16,17). The van der Waals surface area contributed by atoms with Gasteiger partial charge in [0, 0.05) is 6.07 Å². The Morgan fingerprint density at radius 2 is 2.11 bits per heavy atom. The van der Waals surface area contributed by atoms with Gasteiger partial charge in [-0.05, 0) is 34.1 Å². The van der Waals surface area contributed by atoms with Crippen molar-refractivity contribution in [2.24, 2.45) is 0 Å². The summed E-state index contributed by atoms with van der Waals surface area (Å²) in [4.78, 5) is 22.7. The van der Waals surface area contributed by atoms with Crippen molar-refractivity contribution < 1.29 is 4.79 Å². The monoisotopic (exact) mass is 327 g/mol. The smallest absolute Gasteiger partial charge is 0.276 e. The van der Waals surface area contributed by atoms with E-state index in [0.717, 1.165) is 0 Å². The number of amides is 1. The van der Waals surface area contributed by atoms with Gasteiger partial charge in [-0.3, -0.25) is 9.59 Å². The van der Waals surface area contributed by atoms with Gasteiger partial charge in [0.1, 0.15) is 5.69 Å². The predicted molar refractivity (Wildman–Crippen MR) is 72.0 cm³/mol. The number of aromatic amines is 1. The van der Waals surface area contributed by atoms with E-state index in [0.29, 0.717) is 15.2 Å². The average Bonchev–Trinajstić information content (AvgIpc) is 2.36. The van der Waals surface area contributed by atoms with Crippen LogP contribution >= 0.6 is 27.5 Å². The Morgan fingerprint density at radius 1 is 1.33 bits per heavy atom. The molecule has 0 unspecified atom stereocenters. The normalized spacial score (nSPS) is 10.1. The van der Waals surface area contributed by atoms with Crippen molar-refractivity contribution in [3.8, 4) is 0 Å². The summed E-state index contributed by atoms with van der Waals surface area (Å²) in [6.45, 7) is 0. The highest BCUT2D eigenvalue weighted by Gasteiger charge is 2.11. The third-order valence-corrected chi connectivity index (χ3v) is 3.51. The van der Waals surface area contributed by atoms with E-state index in [-0.39, 0.29) is 11.3 Å². The molecule has 0 saturated heterocycles. The van der Waals surface area contributed by atoms with Gasteiger partial charge in [-0.2, -0.15) is 5.10 Å². The van der Waals surface area contributed by atoms with Gasteiger partial charge < -0.3 is 5.32 Å². The molecule has 5 nitrogen and oxygen atoms in total. The fraction of sp³-hybridized carbons (Fsp3) is 0. The van der Waals surface area contributed by atoms with E-state index in [4.69, 9.17) is 11.6 Å². The molecule has 1 aromatic carbocycles. The number of nitrogens with one attached hydrogen (secondary N) is 2. The van der Waals surface area contributed by atoms with Crippen molar-refractivity contribution in [3.63, 3.8) is 0 Å². The molecule has 92 valence electrons. The molecule has 0 aliphatic carbocycles. The molecular formula is C11H7BrClN3O2. The van der Waals surface area contributed by atoms with Crippen LogP contribution in [0.5, 0.6) is 0 Å². The largest absolute Gasteiger partial charge is 0.319 e. The lowest BCUT2D eigenvalue weighted by Gasteiger charge is -2.07. The molecule has 0 spiro atoms. The van der Waals surface area contributed by atoms with Crippen LogP contribution in [0.15, 0.2) is 39.6 Å². The second kappa shape index (κ2) is 5.32. The van der Waals surface area contributed by atoms with Gasteiger partial charge in [-0.25, -0.2) is 5.10 Å². The second-order valence-corrected chi connectivity index (χ2v) is 4.56. The van der Waals surface area contributed by atoms with E-state index in [1.165, 1.54) is 12.1 Å². The molecule has 0 saturated carbocycles. The van der Waals surface area contributed by atoms with Crippen LogP contribution in [0.3, 0.4) is 0 Å². The van der Waals surface area contributed by atoms with E-state index in [1.54, 1.807) is 18.2 Å². The van der Waals surface area contributed by atoms with Crippen LogP contribution in [-0.2, 0) is 0 Å². The van der Waals surface area contributed by atoms with Crippen LogP contribution in [0.2, 0.25) is 5.02 Å². The van der Waals surface area contributed by atoms with Gasteiger partial charge in [-0.1, -0.05) is 17.7 Å². The number of rotatable bonds is 2. The van der Waals surface area contributed by atoms with Crippen molar-refractivity contribution in [1.29, 1.82) is 0 Å². The molecule has 2 N–H and O–H groups in total. The molecule has 1 amide bonds. The summed E-state index contributed by atoms with van der Waals surface area (Å²) in [5.41, 5.74) is 0.275. The summed E-state index contributed by atoms with van der Waals surface area (Å²) in [7, 11) is 0. The molecule has 18 heavy (non-hydrogen) atoms. The number of aromatic nitrogens is 2. The van der Waals surface area contributed by atoms with Crippen molar-refractivity contribution >= 4 is 39.1 Å². The molecule has 0 atom stereocenters. The summed E-state index contributed by atoms with van der Waals surface area (Å²) in [6, 6.07) is 7.67. The maximum absolute atomic E-state index is 11.8. The molecule has 2 aromatic rings. The highest BCUT2D eigenvalue weighted by atomic mass is 79.9. The third-order valence-electron chi connectivity index (χ3n) is 2.11. The Hall–Kier alpha value is -1.66. The quantitative estimate of drug-likeness (QED) is 0.889. The van der Waals surface area contributed by atoms with Crippen LogP contribution in [0.25, 0.3) is 0 Å². The summed E-state index contributed by atoms with van der Waals surface area (Å²) in [5.74, 6) is -0.436. The van der Waals surface area contributed by atoms with Crippen LogP contribution in [0.1, 0.15) is 10.5 Å². The van der Waals surface area contributed by atoms with Gasteiger partial charge in [0.05, 0.1) is 15.2 Å². The minimum absolute atomic E-state index is 0.112. The lowest BCUT2D eigenvalue weighted by Crippen LogP contribution is -2.17. The molecule has 1 aromatic heterocycles. The first kappa shape index (κ1) is 12.8. The van der Waals surface area contributed by atoms with Crippen molar-refractivity contribution in [3.05, 3.63) is 55.9 Å². The Labute approximate surface area is 115 Å². The Balaban J connectivity index is 2.24. The Bertz CT molecular complexity index is 636. The number of nitrogens with zero attached hydrogens (tertiary/aromatic N) is 1. The number of H-pyrrole nitrogens is 1. The highest BCUT2D eigenvalue weighted by Crippen LogP contribution is 2.30. The van der Waals surface area contributed by atoms with Crippen LogP contribution in [-0.4, -0.2) is 16.1 Å². The summed E-state index contributed by atoms with van der Waals surface area (Å²) >= 11 is 9.17. The molecule has 0 bridgehead atoms. The minimum atomic E-state index is -0.436. The number of hydrogen-bond donors (Lipinski definition) is 2. The molecule has 0 fully saturated rings. The maximum Gasteiger partial charge on any atom is 0.276 e. The van der Waals surface area contributed by atoms with Crippen LogP contribution < -0.4 is 10.9 Å². The molecule has 0 aliphatic rings. The topological polar surface area (TPSA) is 74.8 Å². The predicted octanol–water partition coefficient (Wildman–Crippen LogP) is 2.44. The summed E-state index contributed by atoms with van der Waals surface area (Å²) in [6.07, 6.45) is 0. The Kier molecular flexibility index (Phi) is 3.78. The summed E-state index contributed by atoms with van der Waals surface area (Å²) < 4.78 is 0.587. The lowest BCUT2D eigenvalue weighted by atomic mass is 10.3.